The quantitative estimate of drug-likeness (QED) is 0.540. The molecule has 1 aromatic heterocycles. The van der Waals surface area contributed by atoms with Gasteiger partial charge in [0.2, 0.25) is 6.79 Å². The van der Waals surface area contributed by atoms with Gasteiger partial charge in [0.1, 0.15) is 6.10 Å². The van der Waals surface area contributed by atoms with E-state index in [1.54, 1.807) is 6.20 Å². The first kappa shape index (κ1) is 21.1. The number of rotatable bonds is 6. The maximum Gasteiger partial charge on any atom is 0.511 e. The Morgan fingerprint density at radius 3 is 2.69 bits per heavy atom. The van der Waals surface area contributed by atoms with Crippen molar-refractivity contribution in [2.45, 2.75) is 32.3 Å². The number of carbonyl (C=O) groups is 2. The Morgan fingerprint density at radius 2 is 1.97 bits per heavy atom. The number of ether oxygens (including phenoxy) is 4. The van der Waals surface area contributed by atoms with Crippen molar-refractivity contribution in [2.24, 2.45) is 0 Å². The highest BCUT2D eigenvalue weighted by Crippen LogP contribution is 2.24. The van der Waals surface area contributed by atoms with Crippen molar-refractivity contribution in [3.8, 4) is 0 Å². The van der Waals surface area contributed by atoms with Gasteiger partial charge in [-0.3, -0.25) is 4.57 Å². The summed E-state index contributed by atoms with van der Waals surface area (Å²) in [6.07, 6.45) is 2.21. The van der Waals surface area contributed by atoms with E-state index in [4.69, 9.17) is 18.9 Å². The molecule has 29 heavy (non-hydrogen) atoms. The van der Waals surface area contributed by atoms with Crippen LogP contribution in [0.5, 0.6) is 0 Å². The molecule has 0 spiro atoms. The van der Waals surface area contributed by atoms with Crippen molar-refractivity contribution in [3.63, 3.8) is 0 Å². The van der Waals surface area contributed by atoms with Crippen LogP contribution in [0.4, 0.5) is 9.59 Å². The minimum absolute atomic E-state index is 0.220. The van der Waals surface area contributed by atoms with Crippen LogP contribution in [0.3, 0.4) is 0 Å². The zero-order valence-electron chi connectivity index (χ0n) is 17.2. The number of likely N-dealkylation sites (N-methyl/N-ethyl adjacent to an activating group) is 1. The number of aryl methyl sites for hydroxylation is 1. The van der Waals surface area contributed by atoms with Gasteiger partial charge in [-0.15, -0.1) is 0 Å². The van der Waals surface area contributed by atoms with Gasteiger partial charge in [-0.1, -0.05) is 11.6 Å². The fourth-order valence-electron chi connectivity index (χ4n) is 3.27. The molecule has 1 saturated heterocycles. The van der Waals surface area contributed by atoms with Crippen LogP contribution >= 0.6 is 0 Å². The fourth-order valence-corrected chi connectivity index (χ4v) is 3.27. The Morgan fingerprint density at radius 1 is 1.21 bits per heavy atom. The molecule has 8 heteroatoms. The Kier molecular flexibility index (Phi) is 7.11. The van der Waals surface area contributed by atoms with Crippen molar-refractivity contribution in [3.05, 3.63) is 35.5 Å². The summed E-state index contributed by atoms with van der Waals surface area (Å²) >= 11 is 0. The van der Waals surface area contributed by atoms with Crippen molar-refractivity contribution in [2.75, 3.05) is 40.6 Å². The highest BCUT2D eigenvalue weighted by Gasteiger charge is 2.20. The van der Waals surface area contributed by atoms with Crippen molar-refractivity contribution in [1.29, 1.82) is 0 Å². The molecule has 0 aliphatic carbocycles. The van der Waals surface area contributed by atoms with Crippen LogP contribution in [0.2, 0.25) is 0 Å². The van der Waals surface area contributed by atoms with E-state index >= 15 is 0 Å². The number of fused-ring (bicyclic) bond motifs is 1. The molecule has 158 valence electrons. The number of aromatic nitrogens is 1. The van der Waals surface area contributed by atoms with E-state index in [9.17, 15) is 9.59 Å². The monoisotopic (exact) mass is 404 g/mol. The van der Waals surface area contributed by atoms with Crippen LogP contribution in [0.25, 0.3) is 10.9 Å². The molecule has 0 saturated carbocycles. The summed E-state index contributed by atoms with van der Waals surface area (Å²) in [6, 6.07) is 5.90. The predicted octanol–water partition coefficient (Wildman–Crippen LogP) is 3.33. The van der Waals surface area contributed by atoms with E-state index in [0.717, 1.165) is 35.0 Å². The Balaban J connectivity index is 1.60. The number of hydrogen-bond donors (Lipinski definition) is 0. The second-order valence-electron chi connectivity index (χ2n) is 7.45. The van der Waals surface area contributed by atoms with Crippen LogP contribution in [0.15, 0.2) is 24.4 Å². The van der Waals surface area contributed by atoms with Crippen molar-refractivity contribution >= 4 is 23.2 Å². The van der Waals surface area contributed by atoms with Gasteiger partial charge in [0.25, 0.3) is 0 Å². The Hall–Kier alpha value is -2.58. The predicted molar refractivity (Wildman–Crippen MR) is 107 cm³/mol. The third kappa shape index (κ3) is 5.71. The van der Waals surface area contributed by atoms with E-state index in [1.165, 1.54) is 4.57 Å². The second-order valence-corrected chi connectivity index (χ2v) is 7.45. The van der Waals surface area contributed by atoms with Gasteiger partial charge in [-0.05, 0) is 45.1 Å². The lowest BCUT2D eigenvalue weighted by Gasteiger charge is -2.21. The largest absolute Gasteiger partial charge is 0.511 e. The lowest BCUT2D eigenvalue weighted by Crippen LogP contribution is -2.27. The van der Waals surface area contributed by atoms with Gasteiger partial charge in [-0.25, -0.2) is 9.59 Å². The fraction of sp³-hybridized carbons (Fsp3) is 0.524. The minimum atomic E-state index is -0.843. The lowest BCUT2D eigenvalue weighted by atomic mass is 10.1. The van der Waals surface area contributed by atoms with E-state index in [-0.39, 0.29) is 6.10 Å². The molecule has 1 aromatic carbocycles. The average Bonchev–Trinajstić information content (AvgIpc) is 3.05. The molecule has 0 radical (unpaired) electrons. The molecule has 8 nitrogen and oxygen atoms in total. The lowest BCUT2D eigenvalue weighted by molar-refractivity contribution is -0.0530. The van der Waals surface area contributed by atoms with Crippen LogP contribution in [0.1, 0.15) is 24.0 Å². The highest BCUT2D eigenvalue weighted by molar-refractivity contribution is 5.92. The van der Waals surface area contributed by atoms with Crippen LogP contribution in [-0.4, -0.2) is 68.5 Å². The number of benzene rings is 1. The Labute approximate surface area is 170 Å². The first-order valence-corrected chi connectivity index (χ1v) is 9.77. The van der Waals surface area contributed by atoms with Gasteiger partial charge in [0.05, 0.1) is 18.7 Å². The maximum atomic E-state index is 12.5. The Bertz CT molecular complexity index is 854. The molecular weight excluding hydrogens is 376 g/mol. The van der Waals surface area contributed by atoms with E-state index in [1.807, 2.05) is 33.2 Å². The van der Waals surface area contributed by atoms with Crippen molar-refractivity contribution in [1.82, 2.24) is 9.47 Å². The molecule has 2 heterocycles. The summed E-state index contributed by atoms with van der Waals surface area (Å²) in [5.74, 6) is 0. The highest BCUT2D eigenvalue weighted by atomic mass is 16.8. The number of carbonyl (C=O) groups excluding carboxylic acids is 2. The van der Waals surface area contributed by atoms with E-state index in [2.05, 4.69) is 11.0 Å². The average molecular weight is 404 g/mol. The molecule has 2 aromatic rings. The summed E-state index contributed by atoms with van der Waals surface area (Å²) < 4.78 is 21.9. The topological polar surface area (TPSA) is 79.2 Å². The molecular formula is C21H28N2O6. The second kappa shape index (κ2) is 9.76. The molecule has 0 N–H and O–H groups in total. The number of nitrogens with zero attached hydrogens (tertiary/aromatic N) is 2. The first-order valence-electron chi connectivity index (χ1n) is 9.77. The molecule has 1 aliphatic rings. The molecule has 0 bridgehead atoms. The summed E-state index contributed by atoms with van der Waals surface area (Å²) in [7, 11) is 4.02. The standard InChI is InChI=1S/C21H28N2O6/c1-15-4-5-19-18(12-15)16(6-9-22(2)3)13-23(19)20(24)27-14-28-21(25)29-17-7-10-26-11-8-17/h4-5,12-13,17H,6-11,14H2,1-3H3. The zero-order chi connectivity index (χ0) is 20.8. The summed E-state index contributed by atoms with van der Waals surface area (Å²) in [4.78, 5) is 26.4. The van der Waals surface area contributed by atoms with Gasteiger partial charge < -0.3 is 23.8 Å². The van der Waals surface area contributed by atoms with Crippen LogP contribution in [0, 0.1) is 6.92 Å². The molecule has 1 fully saturated rings. The number of hydrogen-bond acceptors (Lipinski definition) is 7. The summed E-state index contributed by atoms with van der Waals surface area (Å²) in [6.45, 7) is 3.50. The molecule has 0 amide bonds. The van der Waals surface area contributed by atoms with E-state index < -0.39 is 19.0 Å². The zero-order valence-corrected chi connectivity index (χ0v) is 17.2. The molecule has 1 aliphatic heterocycles. The maximum absolute atomic E-state index is 12.5. The van der Waals surface area contributed by atoms with Crippen molar-refractivity contribution < 1.29 is 28.5 Å². The first-order chi connectivity index (χ1) is 13.9. The van der Waals surface area contributed by atoms with Gasteiger partial charge in [0.15, 0.2) is 0 Å². The van der Waals surface area contributed by atoms with Crippen LogP contribution in [-0.2, 0) is 25.4 Å². The van der Waals surface area contributed by atoms with Crippen LogP contribution < -0.4 is 0 Å². The normalized spacial score (nSPS) is 14.9. The third-order valence-corrected chi connectivity index (χ3v) is 4.86. The SMILES string of the molecule is Cc1ccc2c(c1)c(CCN(C)C)cn2C(=O)OCOC(=O)OC1CCOCC1. The summed E-state index contributed by atoms with van der Waals surface area (Å²) in [5.41, 5.74) is 2.95. The van der Waals surface area contributed by atoms with Gasteiger partial charge in [-0.2, -0.15) is 0 Å². The van der Waals surface area contributed by atoms with E-state index in [0.29, 0.717) is 26.1 Å². The molecule has 3 rings (SSSR count). The molecule has 0 unspecified atom stereocenters. The minimum Gasteiger partial charge on any atom is -0.431 e. The third-order valence-electron chi connectivity index (χ3n) is 4.86. The van der Waals surface area contributed by atoms with Gasteiger partial charge >= 0.3 is 12.2 Å². The summed E-state index contributed by atoms with van der Waals surface area (Å²) in [5, 5.41) is 1.02. The molecule has 0 atom stereocenters. The smallest absolute Gasteiger partial charge is 0.431 e. The van der Waals surface area contributed by atoms with Gasteiger partial charge in [0, 0.05) is 31.0 Å².